The number of nitrogens with two attached hydrogens (primary N) is 1. The van der Waals surface area contributed by atoms with E-state index in [9.17, 15) is 13.6 Å². The van der Waals surface area contributed by atoms with Crippen molar-refractivity contribution in [3.8, 4) is 0 Å². The Morgan fingerprint density at radius 1 is 1.50 bits per heavy atom. The number of hydrogen-bond acceptors (Lipinski definition) is 2. The van der Waals surface area contributed by atoms with Gasteiger partial charge in [-0.2, -0.15) is 8.78 Å². The summed E-state index contributed by atoms with van der Waals surface area (Å²) in [6, 6.07) is 6.47. The van der Waals surface area contributed by atoms with E-state index in [0.717, 1.165) is 5.56 Å². The highest BCUT2D eigenvalue weighted by molar-refractivity contribution is 5.93. The van der Waals surface area contributed by atoms with E-state index in [0.29, 0.717) is 12.2 Å². The molecule has 0 aromatic heterocycles. The molecular weight excluding hydrogens is 190 g/mol. The molecule has 0 saturated heterocycles. The number of alkyl halides is 2. The average molecular weight is 200 g/mol. The molecule has 14 heavy (non-hydrogen) atoms. The van der Waals surface area contributed by atoms with Gasteiger partial charge in [0.1, 0.15) is 0 Å². The van der Waals surface area contributed by atoms with Crippen LogP contribution in [0, 0.1) is 0 Å². The van der Waals surface area contributed by atoms with E-state index < -0.39 is 12.3 Å². The SMILES string of the molecule is NCc1cccc(NC(=O)C(F)F)c1. The number of rotatable bonds is 3. The summed E-state index contributed by atoms with van der Waals surface area (Å²) < 4.78 is 23.7. The van der Waals surface area contributed by atoms with Crippen molar-refractivity contribution in [3.05, 3.63) is 29.8 Å². The lowest BCUT2D eigenvalue weighted by Gasteiger charge is -2.05. The Hall–Kier alpha value is -1.49. The third kappa shape index (κ3) is 2.77. The summed E-state index contributed by atoms with van der Waals surface area (Å²) in [5, 5.41) is 2.07. The zero-order valence-corrected chi connectivity index (χ0v) is 7.34. The maximum absolute atomic E-state index is 11.9. The van der Waals surface area contributed by atoms with Crippen LogP contribution in [0.1, 0.15) is 5.56 Å². The van der Waals surface area contributed by atoms with Crippen LogP contribution < -0.4 is 11.1 Å². The van der Waals surface area contributed by atoms with Gasteiger partial charge in [0.15, 0.2) is 0 Å². The summed E-state index contributed by atoms with van der Waals surface area (Å²) in [7, 11) is 0. The molecule has 1 aromatic rings. The molecule has 0 aliphatic heterocycles. The lowest BCUT2D eigenvalue weighted by molar-refractivity contribution is -0.126. The Balaban J connectivity index is 2.72. The maximum Gasteiger partial charge on any atom is 0.315 e. The van der Waals surface area contributed by atoms with Crippen LogP contribution >= 0.6 is 0 Å². The maximum atomic E-state index is 11.9. The fourth-order valence-electron chi connectivity index (χ4n) is 0.973. The van der Waals surface area contributed by atoms with Crippen LogP contribution in [0.25, 0.3) is 0 Å². The fraction of sp³-hybridized carbons (Fsp3) is 0.222. The quantitative estimate of drug-likeness (QED) is 0.773. The average Bonchev–Trinajstić information content (AvgIpc) is 2.18. The van der Waals surface area contributed by atoms with Crippen LogP contribution in [0.2, 0.25) is 0 Å². The minimum Gasteiger partial charge on any atom is -0.326 e. The Morgan fingerprint density at radius 2 is 2.21 bits per heavy atom. The third-order valence-electron chi connectivity index (χ3n) is 1.63. The van der Waals surface area contributed by atoms with Crippen LogP contribution in [0.15, 0.2) is 24.3 Å². The minimum atomic E-state index is -3.00. The molecule has 0 fully saturated rings. The number of carbonyl (C=O) groups is 1. The summed E-state index contributed by atoms with van der Waals surface area (Å²) in [6.45, 7) is 0.304. The van der Waals surface area contributed by atoms with Crippen molar-refractivity contribution in [3.63, 3.8) is 0 Å². The van der Waals surface area contributed by atoms with Crippen molar-refractivity contribution < 1.29 is 13.6 Å². The molecule has 1 aromatic carbocycles. The van der Waals surface area contributed by atoms with Crippen molar-refractivity contribution >= 4 is 11.6 Å². The van der Waals surface area contributed by atoms with E-state index >= 15 is 0 Å². The topological polar surface area (TPSA) is 55.1 Å². The molecule has 1 amide bonds. The van der Waals surface area contributed by atoms with Gasteiger partial charge in [0.2, 0.25) is 0 Å². The predicted molar refractivity (Wildman–Crippen MR) is 49.0 cm³/mol. The van der Waals surface area contributed by atoms with Crippen LogP contribution in [0.3, 0.4) is 0 Å². The van der Waals surface area contributed by atoms with Gasteiger partial charge in [0, 0.05) is 12.2 Å². The van der Waals surface area contributed by atoms with Crippen molar-refractivity contribution in [1.29, 1.82) is 0 Å². The molecule has 0 atom stereocenters. The van der Waals surface area contributed by atoms with E-state index in [1.807, 2.05) is 0 Å². The van der Waals surface area contributed by atoms with Gasteiger partial charge in [0.05, 0.1) is 0 Å². The molecule has 76 valence electrons. The molecule has 0 unspecified atom stereocenters. The second-order valence-electron chi connectivity index (χ2n) is 2.69. The zero-order chi connectivity index (χ0) is 10.6. The molecule has 0 spiro atoms. The monoisotopic (exact) mass is 200 g/mol. The second kappa shape index (κ2) is 4.66. The van der Waals surface area contributed by atoms with E-state index in [-0.39, 0.29) is 0 Å². The van der Waals surface area contributed by atoms with Gasteiger partial charge in [-0.25, -0.2) is 0 Å². The van der Waals surface area contributed by atoms with Gasteiger partial charge in [-0.05, 0) is 17.7 Å². The van der Waals surface area contributed by atoms with Gasteiger partial charge in [0.25, 0.3) is 5.91 Å². The molecule has 1 rings (SSSR count). The Labute approximate surface area is 79.9 Å². The summed E-state index contributed by atoms with van der Waals surface area (Å²) in [6.07, 6.45) is -3.00. The first-order chi connectivity index (χ1) is 6.63. The molecule has 5 heteroatoms. The van der Waals surface area contributed by atoms with E-state index in [1.54, 1.807) is 18.2 Å². The van der Waals surface area contributed by atoms with Gasteiger partial charge in [-0.1, -0.05) is 12.1 Å². The molecule has 3 nitrogen and oxygen atoms in total. The molecule has 0 saturated carbocycles. The zero-order valence-electron chi connectivity index (χ0n) is 7.34. The summed E-state index contributed by atoms with van der Waals surface area (Å²) in [5.41, 5.74) is 6.46. The molecular formula is C9H10F2N2O. The van der Waals surface area contributed by atoms with Crippen molar-refractivity contribution in [1.82, 2.24) is 0 Å². The largest absolute Gasteiger partial charge is 0.326 e. The van der Waals surface area contributed by atoms with Crippen molar-refractivity contribution in [2.24, 2.45) is 5.73 Å². The van der Waals surface area contributed by atoms with Crippen LogP contribution in [0.5, 0.6) is 0 Å². The predicted octanol–water partition coefficient (Wildman–Crippen LogP) is 1.35. The number of halogens is 2. The smallest absolute Gasteiger partial charge is 0.315 e. The molecule has 3 N–H and O–H groups in total. The second-order valence-corrected chi connectivity index (χ2v) is 2.69. The lowest BCUT2D eigenvalue weighted by atomic mass is 10.2. The lowest BCUT2D eigenvalue weighted by Crippen LogP contribution is -2.20. The standard InChI is InChI=1S/C9H10F2N2O/c10-8(11)9(14)13-7-3-1-2-6(4-7)5-12/h1-4,8H,5,12H2,(H,13,14). The fourth-order valence-corrected chi connectivity index (χ4v) is 0.973. The normalized spacial score (nSPS) is 10.3. The Kier molecular flexibility index (Phi) is 3.53. The van der Waals surface area contributed by atoms with E-state index in [4.69, 9.17) is 5.73 Å². The van der Waals surface area contributed by atoms with Crippen LogP contribution in [0.4, 0.5) is 14.5 Å². The molecule has 0 heterocycles. The first-order valence-corrected chi connectivity index (χ1v) is 4.01. The summed E-state index contributed by atoms with van der Waals surface area (Å²) in [5.74, 6) is -1.31. The first-order valence-electron chi connectivity index (χ1n) is 4.01. The van der Waals surface area contributed by atoms with Gasteiger partial charge < -0.3 is 11.1 Å². The van der Waals surface area contributed by atoms with Crippen LogP contribution in [-0.4, -0.2) is 12.3 Å². The summed E-state index contributed by atoms with van der Waals surface area (Å²) in [4.78, 5) is 10.6. The highest BCUT2D eigenvalue weighted by Gasteiger charge is 2.14. The highest BCUT2D eigenvalue weighted by Crippen LogP contribution is 2.11. The van der Waals surface area contributed by atoms with Crippen LogP contribution in [-0.2, 0) is 11.3 Å². The van der Waals surface area contributed by atoms with Gasteiger partial charge >= 0.3 is 6.43 Å². The van der Waals surface area contributed by atoms with Gasteiger partial charge in [-0.3, -0.25) is 4.79 Å². The number of amides is 1. The number of carbonyl (C=O) groups excluding carboxylic acids is 1. The highest BCUT2D eigenvalue weighted by atomic mass is 19.3. The minimum absolute atomic E-state index is 0.304. The molecule has 0 aliphatic carbocycles. The van der Waals surface area contributed by atoms with E-state index in [1.165, 1.54) is 6.07 Å². The number of hydrogen-bond donors (Lipinski definition) is 2. The number of anilines is 1. The number of nitrogens with one attached hydrogen (secondary N) is 1. The molecule has 0 radical (unpaired) electrons. The molecule has 0 aliphatic rings. The van der Waals surface area contributed by atoms with Crippen molar-refractivity contribution in [2.45, 2.75) is 13.0 Å². The number of benzene rings is 1. The Bertz CT molecular complexity index is 328. The first kappa shape index (κ1) is 10.6. The van der Waals surface area contributed by atoms with E-state index in [2.05, 4.69) is 5.32 Å². The third-order valence-corrected chi connectivity index (χ3v) is 1.63. The van der Waals surface area contributed by atoms with Crippen molar-refractivity contribution in [2.75, 3.05) is 5.32 Å². The summed E-state index contributed by atoms with van der Waals surface area (Å²) >= 11 is 0. The Morgan fingerprint density at radius 3 is 2.79 bits per heavy atom. The van der Waals surface area contributed by atoms with Gasteiger partial charge in [-0.15, -0.1) is 0 Å². The molecule has 0 bridgehead atoms.